The summed E-state index contributed by atoms with van der Waals surface area (Å²) in [5.41, 5.74) is 7.25. The summed E-state index contributed by atoms with van der Waals surface area (Å²) in [6.07, 6.45) is -0.473. The Morgan fingerprint density at radius 3 is 2.30 bits per heavy atom. The van der Waals surface area contributed by atoms with Crippen LogP contribution in [0, 0.1) is 6.92 Å². The van der Waals surface area contributed by atoms with Crippen LogP contribution >= 0.6 is 0 Å². The minimum absolute atomic E-state index is 0.473. The molecule has 0 saturated heterocycles. The van der Waals surface area contributed by atoms with Crippen molar-refractivity contribution in [3.8, 4) is 0 Å². The Balaban J connectivity index is 2.81. The number of anilines is 1. The van der Waals surface area contributed by atoms with Gasteiger partial charge in [-0.05, 0) is 38.9 Å². The van der Waals surface area contributed by atoms with E-state index in [0.29, 0.717) is 0 Å². The quantitative estimate of drug-likeness (QED) is 0.663. The van der Waals surface area contributed by atoms with Crippen LogP contribution in [0.25, 0.3) is 0 Å². The summed E-state index contributed by atoms with van der Waals surface area (Å²) in [6, 6.07) is 6.22. The summed E-state index contributed by atoms with van der Waals surface area (Å²) in [4.78, 5) is 11.7. The van der Waals surface area contributed by atoms with Gasteiger partial charge in [-0.3, -0.25) is 5.43 Å². The number of nitrogens with one attached hydrogen (secondary N) is 2. The summed E-state index contributed by atoms with van der Waals surface area (Å²) in [5.74, 6) is 0. The molecule has 0 aliphatic heterocycles. The van der Waals surface area contributed by atoms with E-state index in [1.54, 1.807) is 0 Å². The molecule has 0 radical (unpaired) electrons. The van der Waals surface area contributed by atoms with Gasteiger partial charge in [-0.2, -0.15) is 0 Å². The first-order valence-electron chi connectivity index (χ1n) is 6.85. The van der Waals surface area contributed by atoms with Gasteiger partial charge in [-0.15, -0.1) is 0 Å². The third-order valence-electron chi connectivity index (χ3n) is 2.68. The van der Waals surface area contributed by atoms with Crippen LogP contribution in [0.1, 0.15) is 26.3 Å². The van der Waals surface area contributed by atoms with Gasteiger partial charge in [0.2, 0.25) is 0 Å². The summed E-state index contributed by atoms with van der Waals surface area (Å²) in [6.45, 7) is 14.4. The third-order valence-corrected chi connectivity index (χ3v) is 4.71. The van der Waals surface area contributed by atoms with Crippen LogP contribution in [0.15, 0.2) is 18.2 Å². The van der Waals surface area contributed by atoms with Crippen LogP contribution < -0.4 is 16.0 Å². The molecule has 5 heteroatoms. The molecular weight excluding hydrogens is 268 g/mol. The van der Waals surface area contributed by atoms with E-state index in [1.165, 1.54) is 10.8 Å². The topological polar surface area (TPSA) is 50.4 Å². The van der Waals surface area contributed by atoms with Crippen LogP contribution in [0.2, 0.25) is 19.6 Å². The largest absolute Gasteiger partial charge is 0.443 e. The van der Waals surface area contributed by atoms with Crippen molar-refractivity contribution >= 4 is 25.0 Å². The highest BCUT2D eigenvalue weighted by molar-refractivity contribution is 6.89. The van der Waals surface area contributed by atoms with Crippen molar-refractivity contribution in [3.05, 3.63) is 23.8 Å². The maximum atomic E-state index is 11.7. The van der Waals surface area contributed by atoms with Gasteiger partial charge in [0, 0.05) is 0 Å². The number of carbonyl (C=O) groups excluding carboxylic acids is 1. The number of hydrazine groups is 1. The fourth-order valence-corrected chi connectivity index (χ4v) is 3.42. The fraction of sp³-hybridized carbons (Fsp3) is 0.533. The van der Waals surface area contributed by atoms with Gasteiger partial charge in [-0.1, -0.05) is 37.3 Å². The van der Waals surface area contributed by atoms with Gasteiger partial charge in [0.25, 0.3) is 0 Å². The SMILES string of the molecule is Cc1ccc(NNC(=O)OC(C)(C)C)c([Si](C)(C)C)c1. The van der Waals surface area contributed by atoms with Crippen LogP contribution in [-0.2, 0) is 4.74 Å². The Labute approximate surface area is 122 Å². The Morgan fingerprint density at radius 1 is 1.20 bits per heavy atom. The van der Waals surface area contributed by atoms with Crippen molar-refractivity contribution in [2.75, 3.05) is 5.43 Å². The second-order valence-electron chi connectivity index (χ2n) is 7.05. The zero-order chi connectivity index (χ0) is 15.6. The van der Waals surface area contributed by atoms with E-state index in [4.69, 9.17) is 4.74 Å². The molecule has 0 spiro atoms. The van der Waals surface area contributed by atoms with Crippen molar-refractivity contribution in [2.45, 2.75) is 52.9 Å². The molecule has 112 valence electrons. The Bertz CT molecular complexity index is 488. The number of hydrogen-bond acceptors (Lipinski definition) is 3. The van der Waals surface area contributed by atoms with Crippen molar-refractivity contribution in [3.63, 3.8) is 0 Å². The predicted molar refractivity (Wildman–Crippen MR) is 87.2 cm³/mol. The smallest absolute Gasteiger partial charge is 0.426 e. The third kappa shape index (κ3) is 5.25. The monoisotopic (exact) mass is 294 g/mol. The molecule has 1 aromatic rings. The number of hydrogen-bond donors (Lipinski definition) is 2. The van der Waals surface area contributed by atoms with E-state index < -0.39 is 19.8 Å². The van der Waals surface area contributed by atoms with Gasteiger partial charge in [0.1, 0.15) is 5.60 Å². The molecule has 1 amide bonds. The minimum atomic E-state index is -1.48. The zero-order valence-electron chi connectivity index (χ0n) is 13.5. The van der Waals surface area contributed by atoms with Crippen LogP contribution in [0.3, 0.4) is 0 Å². The molecule has 0 fully saturated rings. The van der Waals surface area contributed by atoms with E-state index in [1.807, 2.05) is 32.9 Å². The average molecular weight is 294 g/mol. The number of benzene rings is 1. The molecule has 0 heterocycles. The van der Waals surface area contributed by atoms with Crippen LogP contribution in [0.4, 0.5) is 10.5 Å². The highest BCUT2D eigenvalue weighted by Crippen LogP contribution is 2.13. The normalized spacial score (nSPS) is 11.9. The molecule has 0 aliphatic rings. The lowest BCUT2D eigenvalue weighted by Crippen LogP contribution is -2.43. The van der Waals surface area contributed by atoms with Gasteiger partial charge in [-0.25, -0.2) is 10.2 Å². The van der Waals surface area contributed by atoms with Gasteiger partial charge < -0.3 is 4.74 Å². The molecule has 0 atom stereocenters. The summed E-state index contributed by atoms with van der Waals surface area (Å²) >= 11 is 0. The lowest BCUT2D eigenvalue weighted by molar-refractivity contribution is 0.0541. The Morgan fingerprint density at radius 2 is 1.80 bits per heavy atom. The summed E-state index contributed by atoms with van der Waals surface area (Å²) in [7, 11) is -1.48. The standard InChI is InChI=1S/C15H26N2O2Si/c1-11-8-9-12(13(10-11)20(5,6)7)16-17-14(18)19-15(2,3)4/h8-10,16H,1-7H3,(H,17,18). The van der Waals surface area contributed by atoms with E-state index in [9.17, 15) is 4.79 Å². The first-order valence-corrected chi connectivity index (χ1v) is 10.4. The average Bonchev–Trinajstić information content (AvgIpc) is 2.23. The lowest BCUT2D eigenvalue weighted by Gasteiger charge is -2.24. The molecule has 0 unspecified atom stereocenters. The Kier molecular flexibility index (Phi) is 4.86. The minimum Gasteiger partial charge on any atom is -0.443 e. The second-order valence-corrected chi connectivity index (χ2v) is 12.1. The number of rotatable bonds is 3. The molecule has 1 aromatic carbocycles. The molecule has 20 heavy (non-hydrogen) atoms. The number of ether oxygens (including phenoxy) is 1. The molecule has 1 rings (SSSR count). The van der Waals surface area contributed by atoms with E-state index in [-0.39, 0.29) is 0 Å². The maximum absolute atomic E-state index is 11.7. The highest BCUT2D eigenvalue weighted by atomic mass is 28.3. The first-order chi connectivity index (χ1) is 8.99. The van der Waals surface area contributed by atoms with Gasteiger partial charge in [0.05, 0.1) is 13.8 Å². The Hall–Kier alpha value is -1.49. The molecule has 4 nitrogen and oxygen atoms in total. The van der Waals surface area contributed by atoms with Gasteiger partial charge >= 0.3 is 6.09 Å². The lowest BCUT2D eigenvalue weighted by atomic mass is 10.2. The predicted octanol–water partition coefficient (Wildman–Crippen LogP) is 3.39. The van der Waals surface area contributed by atoms with Crippen LogP contribution in [0.5, 0.6) is 0 Å². The highest BCUT2D eigenvalue weighted by Gasteiger charge is 2.21. The van der Waals surface area contributed by atoms with E-state index >= 15 is 0 Å². The summed E-state index contributed by atoms with van der Waals surface area (Å²) in [5, 5.41) is 1.29. The maximum Gasteiger partial charge on any atom is 0.426 e. The van der Waals surface area contributed by atoms with Crippen molar-refractivity contribution in [1.29, 1.82) is 0 Å². The van der Waals surface area contributed by atoms with E-state index in [0.717, 1.165) is 5.69 Å². The molecule has 0 saturated carbocycles. The number of carbonyl (C=O) groups is 1. The zero-order valence-corrected chi connectivity index (χ0v) is 14.5. The van der Waals surface area contributed by atoms with Crippen molar-refractivity contribution < 1.29 is 9.53 Å². The molecular formula is C15H26N2O2Si. The van der Waals surface area contributed by atoms with E-state index in [2.05, 4.69) is 43.5 Å². The van der Waals surface area contributed by atoms with Crippen LogP contribution in [-0.4, -0.2) is 19.8 Å². The van der Waals surface area contributed by atoms with Crippen molar-refractivity contribution in [1.82, 2.24) is 5.43 Å². The number of aryl methyl sites for hydroxylation is 1. The fourth-order valence-electron chi connectivity index (χ4n) is 1.81. The number of amides is 1. The summed E-state index contributed by atoms with van der Waals surface area (Å²) < 4.78 is 5.21. The van der Waals surface area contributed by atoms with Crippen molar-refractivity contribution in [2.24, 2.45) is 0 Å². The molecule has 0 bridgehead atoms. The van der Waals surface area contributed by atoms with Gasteiger partial charge in [0.15, 0.2) is 0 Å². The first kappa shape index (κ1) is 16.6. The second kappa shape index (κ2) is 5.87. The molecule has 0 aliphatic carbocycles. The molecule has 0 aromatic heterocycles. The molecule has 2 N–H and O–H groups in total.